The number of primary amides is 1. The lowest BCUT2D eigenvalue weighted by Crippen LogP contribution is -3.10. The molecule has 0 aliphatic rings. The van der Waals surface area contributed by atoms with Crippen molar-refractivity contribution in [3.8, 4) is 0 Å². The molecule has 0 aliphatic heterocycles. The van der Waals surface area contributed by atoms with Gasteiger partial charge in [-0.25, -0.2) is 4.98 Å². The van der Waals surface area contributed by atoms with Gasteiger partial charge in [0.15, 0.2) is 11.6 Å². The zero-order valence-corrected chi connectivity index (χ0v) is 15.5. The summed E-state index contributed by atoms with van der Waals surface area (Å²) in [5.74, 6) is -0.699. The molecule has 0 saturated heterocycles. The minimum Gasteiger partial charge on any atom is -0.366 e. The number of benzene rings is 1. The Labute approximate surface area is 153 Å². The standard InChI is InChI=1S/C17H18N4O2S2/c1-10(16-19-12-5-3-4-6-13(12)25-16)21(2)9-14(22)20-17-11(15(18)23)7-8-24-17/h3-8,10H,9H2,1-2H3,(H2,18,23)(H,20,22)/p+1/t10-/m1/s1. The SMILES string of the molecule is C[C@H](c1nc2ccccc2s1)[NH+](C)CC(=O)Nc1sccc1C(N)=O. The molecule has 1 aromatic carbocycles. The average Bonchev–Trinajstić information content (AvgIpc) is 3.20. The number of rotatable bonds is 6. The monoisotopic (exact) mass is 375 g/mol. The smallest absolute Gasteiger partial charge is 0.280 e. The molecule has 3 aromatic rings. The number of para-hydroxylation sites is 1. The molecule has 0 fully saturated rings. The maximum Gasteiger partial charge on any atom is 0.280 e. The number of quaternary nitrogens is 1. The number of carbonyl (C=O) groups is 2. The summed E-state index contributed by atoms with van der Waals surface area (Å²) >= 11 is 2.94. The molecule has 2 amide bonds. The Balaban J connectivity index is 1.66. The molecule has 25 heavy (non-hydrogen) atoms. The van der Waals surface area contributed by atoms with Gasteiger partial charge in [-0.3, -0.25) is 9.59 Å². The third-order valence-corrected chi connectivity index (χ3v) is 6.09. The van der Waals surface area contributed by atoms with E-state index in [4.69, 9.17) is 5.73 Å². The van der Waals surface area contributed by atoms with Crippen molar-refractivity contribution < 1.29 is 14.5 Å². The molecule has 0 bridgehead atoms. The summed E-state index contributed by atoms with van der Waals surface area (Å²) in [6.45, 7) is 2.33. The lowest BCUT2D eigenvalue weighted by molar-refractivity contribution is -0.902. The van der Waals surface area contributed by atoms with Crippen LogP contribution in [0, 0.1) is 0 Å². The van der Waals surface area contributed by atoms with Crippen molar-refractivity contribution in [2.24, 2.45) is 5.73 Å². The first kappa shape index (κ1) is 17.5. The van der Waals surface area contributed by atoms with E-state index < -0.39 is 5.91 Å². The van der Waals surface area contributed by atoms with E-state index in [-0.39, 0.29) is 18.5 Å². The first-order chi connectivity index (χ1) is 12.0. The van der Waals surface area contributed by atoms with Crippen molar-refractivity contribution in [3.05, 3.63) is 46.3 Å². The maximum atomic E-state index is 12.3. The van der Waals surface area contributed by atoms with Gasteiger partial charge in [0.2, 0.25) is 0 Å². The molecule has 6 nitrogen and oxygen atoms in total. The molecule has 0 radical (unpaired) electrons. The van der Waals surface area contributed by atoms with E-state index in [0.717, 1.165) is 20.1 Å². The number of carbonyl (C=O) groups excluding carboxylic acids is 2. The number of likely N-dealkylation sites (N-methyl/N-ethyl adjacent to an activating group) is 1. The third-order valence-electron chi connectivity index (χ3n) is 4.04. The molecule has 2 heterocycles. The van der Waals surface area contributed by atoms with Crippen LogP contribution in [0.1, 0.15) is 28.3 Å². The fourth-order valence-electron chi connectivity index (χ4n) is 2.46. The van der Waals surface area contributed by atoms with E-state index >= 15 is 0 Å². The first-order valence-corrected chi connectivity index (χ1v) is 9.50. The van der Waals surface area contributed by atoms with Crippen molar-refractivity contribution >= 4 is 49.7 Å². The molecule has 8 heteroatoms. The predicted molar refractivity (Wildman–Crippen MR) is 101 cm³/mol. The summed E-state index contributed by atoms with van der Waals surface area (Å²) in [6, 6.07) is 9.71. The van der Waals surface area contributed by atoms with Gasteiger partial charge in [-0.15, -0.1) is 22.7 Å². The highest BCUT2D eigenvalue weighted by molar-refractivity contribution is 7.18. The van der Waals surface area contributed by atoms with Crippen LogP contribution in [0.25, 0.3) is 10.2 Å². The highest BCUT2D eigenvalue weighted by Gasteiger charge is 2.23. The van der Waals surface area contributed by atoms with Crippen molar-refractivity contribution in [1.29, 1.82) is 0 Å². The second-order valence-electron chi connectivity index (χ2n) is 5.84. The van der Waals surface area contributed by atoms with Crippen LogP contribution in [0.2, 0.25) is 0 Å². The fraction of sp³-hybridized carbons (Fsp3) is 0.235. The number of hydrogen-bond acceptors (Lipinski definition) is 5. The number of anilines is 1. The summed E-state index contributed by atoms with van der Waals surface area (Å²) in [6.07, 6.45) is 0. The Kier molecular flexibility index (Phi) is 5.12. The topological polar surface area (TPSA) is 89.5 Å². The zero-order valence-electron chi connectivity index (χ0n) is 13.9. The second-order valence-corrected chi connectivity index (χ2v) is 7.82. The number of nitrogens with two attached hydrogens (primary N) is 1. The molecular weight excluding hydrogens is 356 g/mol. The minimum atomic E-state index is -0.542. The normalized spacial score (nSPS) is 13.5. The third kappa shape index (κ3) is 3.87. The van der Waals surface area contributed by atoms with Crippen LogP contribution in [0.3, 0.4) is 0 Å². The molecular formula is C17H19N4O2S2+. The fourth-order valence-corrected chi connectivity index (χ4v) is 4.38. The zero-order chi connectivity index (χ0) is 18.0. The largest absolute Gasteiger partial charge is 0.366 e. The van der Waals surface area contributed by atoms with Gasteiger partial charge in [0, 0.05) is 0 Å². The maximum absolute atomic E-state index is 12.3. The van der Waals surface area contributed by atoms with Crippen LogP contribution in [0.15, 0.2) is 35.7 Å². The number of aromatic nitrogens is 1. The number of hydrogen-bond donors (Lipinski definition) is 3. The van der Waals surface area contributed by atoms with E-state index in [2.05, 4.69) is 17.2 Å². The number of thiophene rings is 1. The van der Waals surface area contributed by atoms with Gasteiger partial charge in [-0.05, 0) is 30.5 Å². The summed E-state index contributed by atoms with van der Waals surface area (Å²) in [7, 11) is 1.96. The van der Waals surface area contributed by atoms with E-state index in [0.29, 0.717) is 10.6 Å². The van der Waals surface area contributed by atoms with Crippen LogP contribution in [-0.2, 0) is 4.79 Å². The molecule has 1 unspecified atom stereocenters. The van der Waals surface area contributed by atoms with Crippen molar-refractivity contribution in [2.75, 3.05) is 18.9 Å². The Bertz CT molecular complexity index is 885. The van der Waals surface area contributed by atoms with Crippen LogP contribution in [-0.4, -0.2) is 30.4 Å². The highest BCUT2D eigenvalue weighted by Crippen LogP contribution is 2.25. The number of amides is 2. The second kappa shape index (κ2) is 7.30. The lowest BCUT2D eigenvalue weighted by Gasteiger charge is -2.19. The summed E-state index contributed by atoms with van der Waals surface area (Å²) < 4.78 is 1.14. The van der Waals surface area contributed by atoms with Crippen molar-refractivity contribution in [3.63, 3.8) is 0 Å². The van der Waals surface area contributed by atoms with E-state index in [1.54, 1.807) is 22.8 Å². The van der Waals surface area contributed by atoms with Crippen LogP contribution >= 0.6 is 22.7 Å². The molecule has 4 N–H and O–H groups in total. The van der Waals surface area contributed by atoms with Crippen molar-refractivity contribution in [2.45, 2.75) is 13.0 Å². The van der Waals surface area contributed by atoms with Gasteiger partial charge >= 0.3 is 0 Å². The lowest BCUT2D eigenvalue weighted by atomic mass is 10.3. The van der Waals surface area contributed by atoms with E-state index in [1.807, 2.05) is 31.3 Å². The highest BCUT2D eigenvalue weighted by atomic mass is 32.1. The number of nitrogens with one attached hydrogen (secondary N) is 2. The van der Waals surface area contributed by atoms with Gasteiger partial charge in [-0.1, -0.05) is 12.1 Å². The first-order valence-electron chi connectivity index (χ1n) is 7.80. The van der Waals surface area contributed by atoms with Crippen LogP contribution in [0.5, 0.6) is 0 Å². The predicted octanol–water partition coefficient (Wildman–Crippen LogP) is 1.67. The molecule has 2 aromatic heterocycles. The average molecular weight is 375 g/mol. The number of nitrogens with zero attached hydrogens (tertiary/aromatic N) is 1. The van der Waals surface area contributed by atoms with Gasteiger partial charge in [0.25, 0.3) is 11.8 Å². The summed E-state index contributed by atoms with van der Waals surface area (Å²) in [5.41, 5.74) is 6.63. The Morgan fingerprint density at radius 3 is 2.80 bits per heavy atom. The van der Waals surface area contributed by atoms with Crippen molar-refractivity contribution in [1.82, 2.24) is 4.98 Å². The molecule has 2 atom stereocenters. The minimum absolute atomic E-state index is 0.0853. The van der Waals surface area contributed by atoms with Gasteiger partial charge < -0.3 is 16.0 Å². The summed E-state index contributed by atoms with van der Waals surface area (Å²) in [5, 5.41) is 6.01. The molecule has 0 saturated carbocycles. The van der Waals surface area contributed by atoms with Gasteiger partial charge in [0.1, 0.15) is 11.0 Å². The van der Waals surface area contributed by atoms with Gasteiger partial charge in [-0.2, -0.15) is 0 Å². The van der Waals surface area contributed by atoms with Crippen LogP contribution < -0.4 is 16.0 Å². The Morgan fingerprint density at radius 1 is 1.32 bits per heavy atom. The molecule has 0 spiro atoms. The molecule has 130 valence electrons. The quantitative estimate of drug-likeness (QED) is 0.612. The molecule has 3 rings (SSSR count). The summed E-state index contributed by atoms with van der Waals surface area (Å²) in [4.78, 5) is 29.3. The van der Waals surface area contributed by atoms with E-state index in [9.17, 15) is 9.59 Å². The Hall–Kier alpha value is -2.29. The number of fused-ring (bicyclic) bond motifs is 1. The Morgan fingerprint density at radius 2 is 2.08 bits per heavy atom. The number of thiazole rings is 1. The van der Waals surface area contributed by atoms with Crippen LogP contribution in [0.4, 0.5) is 5.00 Å². The van der Waals surface area contributed by atoms with E-state index in [1.165, 1.54) is 11.3 Å². The molecule has 0 aliphatic carbocycles. The van der Waals surface area contributed by atoms with Gasteiger partial charge in [0.05, 0.1) is 22.8 Å².